The van der Waals surface area contributed by atoms with E-state index in [0.29, 0.717) is 12.5 Å². The van der Waals surface area contributed by atoms with Crippen LogP contribution in [0, 0.1) is 6.92 Å². The Morgan fingerprint density at radius 2 is 1.93 bits per heavy atom. The van der Waals surface area contributed by atoms with Gasteiger partial charge in [-0.3, -0.25) is 4.98 Å². The second-order valence-corrected chi connectivity index (χ2v) is 6.88. The van der Waals surface area contributed by atoms with Crippen molar-refractivity contribution in [2.75, 3.05) is 23.3 Å². The Kier molecular flexibility index (Phi) is 4.98. The van der Waals surface area contributed by atoms with Crippen LogP contribution in [-0.2, 0) is 0 Å². The second kappa shape index (κ2) is 7.72. The van der Waals surface area contributed by atoms with Crippen LogP contribution in [0.1, 0.15) is 18.4 Å². The highest BCUT2D eigenvalue weighted by atomic mass is 16.3. The topological polar surface area (TPSA) is 74.2 Å². The van der Waals surface area contributed by atoms with Crippen LogP contribution in [0.15, 0.2) is 54.7 Å². The summed E-state index contributed by atoms with van der Waals surface area (Å²) >= 11 is 0. The van der Waals surface area contributed by atoms with Crippen molar-refractivity contribution in [1.82, 2.24) is 15.0 Å². The molecule has 1 unspecified atom stereocenters. The van der Waals surface area contributed by atoms with Crippen molar-refractivity contribution in [1.29, 1.82) is 0 Å². The maximum atomic E-state index is 10.0. The van der Waals surface area contributed by atoms with E-state index < -0.39 is 0 Å². The summed E-state index contributed by atoms with van der Waals surface area (Å²) in [5.41, 5.74) is 3.69. The fraction of sp³-hybridized carbons (Fsp3) is 0.286. The number of β-amino-alcohol motifs (C(OH)–C–C–N with tert-alkyl or cyclic N) is 1. The maximum Gasteiger partial charge on any atom is 0.229 e. The Morgan fingerprint density at radius 1 is 1.07 bits per heavy atom. The lowest BCUT2D eigenvalue weighted by Crippen LogP contribution is -2.38. The van der Waals surface area contributed by atoms with E-state index in [-0.39, 0.29) is 6.10 Å². The third-order valence-corrected chi connectivity index (χ3v) is 4.67. The van der Waals surface area contributed by atoms with Gasteiger partial charge in [0.1, 0.15) is 5.82 Å². The van der Waals surface area contributed by atoms with Crippen molar-refractivity contribution >= 4 is 17.5 Å². The van der Waals surface area contributed by atoms with E-state index >= 15 is 0 Å². The minimum absolute atomic E-state index is 0.319. The van der Waals surface area contributed by atoms with Gasteiger partial charge in [0, 0.05) is 31.0 Å². The molecule has 6 nitrogen and oxygen atoms in total. The number of pyridine rings is 1. The standard InChI is InChI=1S/C21H23N5O/c1-15-7-9-16(10-8-15)23-21-24-19(18-6-2-3-11-22-18)13-20(25-21)26-12-4-5-17(27)14-26/h2-3,6-11,13,17,27H,4-5,12,14H2,1H3,(H,23,24,25). The number of nitrogens with one attached hydrogen (secondary N) is 1. The van der Waals surface area contributed by atoms with Gasteiger partial charge in [0.2, 0.25) is 5.95 Å². The number of aromatic nitrogens is 3. The number of benzene rings is 1. The summed E-state index contributed by atoms with van der Waals surface area (Å²) in [7, 11) is 0. The fourth-order valence-electron chi connectivity index (χ4n) is 3.23. The van der Waals surface area contributed by atoms with Gasteiger partial charge in [0.25, 0.3) is 0 Å². The number of piperidine rings is 1. The molecule has 1 atom stereocenters. The van der Waals surface area contributed by atoms with E-state index in [0.717, 1.165) is 42.3 Å². The van der Waals surface area contributed by atoms with Crippen LogP contribution < -0.4 is 10.2 Å². The zero-order valence-corrected chi connectivity index (χ0v) is 15.3. The van der Waals surface area contributed by atoms with Crippen LogP contribution in [0.2, 0.25) is 0 Å². The summed E-state index contributed by atoms with van der Waals surface area (Å²) in [6.07, 6.45) is 3.23. The molecule has 1 saturated heterocycles. The van der Waals surface area contributed by atoms with E-state index in [4.69, 9.17) is 4.98 Å². The fourth-order valence-corrected chi connectivity index (χ4v) is 3.23. The van der Waals surface area contributed by atoms with E-state index in [1.54, 1.807) is 6.20 Å². The molecular formula is C21H23N5O. The lowest BCUT2D eigenvalue weighted by atomic mass is 10.1. The zero-order valence-electron chi connectivity index (χ0n) is 15.3. The summed E-state index contributed by atoms with van der Waals surface area (Å²) in [6, 6.07) is 15.8. The molecule has 0 amide bonds. The normalized spacial score (nSPS) is 17.0. The van der Waals surface area contributed by atoms with Gasteiger partial charge in [0.05, 0.1) is 17.5 Å². The molecule has 1 aliphatic rings. The highest BCUT2D eigenvalue weighted by Crippen LogP contribution is 2.26. The molecule has 2 aromatic heterocycles. The number of aryl methyl sites for hydroxylation is 1. The van der Waals surface area contributed by atoms with Gasteiger partial charge in [-0.2, -0.15) is 4.98 Å². The van der Waals surface area contributed by atoms with E-state index in [9.17, 15) is 5.11 Å². The molecule has 3 heterocycles. The highest BCUT2D eigenvalue weighted by Gasteiger charge is 2.20. The molecule has 0 bridgehead atoms. The van der Waals surface area contributed by atoms with E-state index in [2.05, 4.69) is 27.1 Å². The Hall–Kier alpha value is -2.99. The molecule has 2 N–H and O–H groups in total. The molecule has 1 aliphatic heterocycles. The number of nitrogens with zero attached hydrogens (tertiary/aromatic N) is 4. The Bertz CT molecular complexity index is 898. The average Bonchev–Trinajstić information content (AvgIpc) is 2.70. The van der Waals surface area contributed by atoms with Crippen LogP contribution >= 0.6 is 0 Å². The molecule has 0 spiro atoms. The lowest BCUT2D eigenvalue weighted by Gasteiger charge is -2.31. The molecule has 6 heteroatoms. The van der Waals surface area contributed by atoms with Gasteiger partial charge in [-0.1, -0.05) is 23.8 Å². The zero-order chi connectivity index (χ0) is 18.6. The summed E-state index contributed by atoms with van der Waals surface area (Å²) in [4.78, 5) is 15.9. The summed E-state index contributed by atoms with van der Waals surface area (Å²) in [5, 5.41) is 13.3. The molecule has 0 aliphatic carbocycles. The molecule has 27 heavy (non-hydrogen) atoms. The lowest BCUT2D eigenvalue weighted by molar-refractivity contribution is 0.154. The van der Waals surface area contributed by atoms with E-state index in [1.807, 2.05) is 48.5 Å². The quantitative estimate of drug-likeness (QED) is 0.740. The molecular weight excluding hydrogens is 338 g/mol. The molecule has 0 radical (unpaired) electrons. The SMILES string of the molecule is Cc1ccc(Nc2nc(-c3ccccn3)cc(N3CCCC(O)C3)n2)cc1. The van der Waals surface area contributed by atoms with Gasteiger partial charge in [-0.05, 0) is 44.0 Å². The Labute approximate surface area is 158 Å². The van der Waals surface area contributed by atoms with Gasteiger partial charge >= 0.3 is 0 Å². The summed E-state index contributed by atoms with van der Waals surface area (Å²) in [5.74, 6) is 1.33. The van der Waals surface area contributed by atoms with Crippen molar-refractivity contribution in [2.24, 2.45) is 0 Å². The summed E-state index contributed by atoms with van der Waals surface area (Å²) < 4.78 is 0. The maximum absolute atomic E-state index is 10.0. The van der Waals surface area contributed by atoms with Crippen LogP contribution in [0.5, 0.6) is 0 Å². The predicted molar refractivity (Wildman–Crippen MR) is 107 cm³/mol. The van der Waals surface area contributed by atoms with Crippen molar-refractivity contribution in [3.05, 3.63) is 60.3 Å². The monoisotopic (exact) mass is 361 g/mol. The molecule has 0 saturated carbocycles. The smallest absolute Gasteiger partial charge is 0.229 e. The van der Waals surface area contributed by atoms with Crippen molar-refractivity contribution in [3.63, 3.8) is 0 Å². The third kappa shape index (κ3) is 4.23. The van der Waals surface area contributed by atoms with Crippen molar-refractivity contribution < 1.29 is 5.11 Å². The molecule has 138 valence electrons. The van der Waals surface area contributed by atoms with Crippen molar-refractivity contribution in [2.45, 2.75) is 25.9 Å². The molecule has 3 aromatic rings. The molecule has 1 fully saturated rings. The number of aliphatic hydroxyl groups is 1. The minimum Gasteiger partial charge on any atom is -0.391 e. The van der Waals surface area contributed by atoms with Crippen molar-refractivity contribution in [3.8, 4) is 11.4 Å². The van der Waals surface area contributed by atoms with E-state index in [1.165, 1.54) is 5.56 Å². The Morgan fingerprint density at radius 3 is 2.67 bits per heavy atom. The first-order chi connectivity index (χ1) is 13.2. The van der Waals surface area contributed by atoms with Crippen LogP contribution in [0.4, 0.5) is 17.5 Å². The van der Waals surface area contributed by atoms with Gasteiger partial charge in [0.15, 0.2) is 0 Å². The first-order valence-electron chi connectivity index (χ1n) is 9.24. The van der Waals surface area contributed by atoms with Crippen LogP contribution in [0.25, 0.3) is 11.4 Å². The third-order valence-electron chi connectivity index (χ3n) is 4.67. The number of rotatable bonds is 4. The number of hydrogen-bond acceptors (Lipinski definition) is 6. The number of anilines is 3. The molecule has 1 aromatic carbocycles. The van der Waals surface area contributed by atoms with Crippen LogP contribution in [0.3, 0.4) is 0 Å². The second-order valence-electron chi connectivity index (χ2n) is 6.88. The first-order valence-corrected chi connectivity index (χ1v) is 9.24. The van der Waals surface area contributed by atoms with Gasteiger partial charge in [-0.15, -0.1) is 0 Å². The number of hydrogen-bond donors (Lipinski definition) is 2. The molecule has 4 rings (SSSR count). The summed E-state index contributed by atoms with van der Waals surface area (Å²) in [6.45, 7) is 3.52. The Balaban J connectivity index is 1.70. The largest absolute Gasteiger partial charge is 0.391 e. The predicted octanol–water partition coefficient (Wildman–Crippen LogP) is 3.55. The van der Waals surface area contributed by atoms with Crippen LogP contribution in [-0.4, -0.2) is 39.3 Å². The first kappa shape index (κ1) is 17.4. The van der Waals surface area contributed by atoms with Gasteiger partial charge < -0.3 is 15.3 Å². The minimum atomic E-state index is -0.319. The van der Waals surface area contributed by atoms with Gasteiger partial charge in [-0.25, -0.2) is 4.98 Å². The highest BCUT2D eigenvalue weighted by molar-refractivity contribution is 5.64. The number of aliphatic hydroxyl groups excluding tert-OH is 1. The average molecular weight is 361 g/mol.